The normalized spacial score (nSPS) is 24.7. The molecule has 2 fully saturated rings. The Morgan fingerprint density at radius 3 is 2.53 bits per heavy atom. The highest BCUT2D eigenvalue weighted by Crippen LogP contribution is 2.43. The summed E-state index contributed by atoms with van der Waals surface area (Å²) in [6.45, 7) is 10.7. The summed E-state index contributed by atoms with van der Waals surface area (Å²) in [5.74, 6) is -1.32. The predicted octanol–water partition coefficient (Wildman–Crippen LogP) is 4.55. The van der Waals surface area contributed by atoms with Crippen LogP contribution in [-0.2, 0) is 9.59 Å². The largest absolute Gasteiger partial charge is 0.493 e. The number of carbonyl (C=O) groups is 2. The fourth-order valence-electron chi connectivity index (χ4n) is 4.93. The molecule has 1 N–H and O–H groups in total. The van der Waals surface area contributed by atoms with Gasteiger partial charge in [0.05, 0.1) is 6.61 Å². The van der Waals surface area contributed by atoms with E-state index in [0.29, 0.717) is 25.5 Å². The van der Waals surface area contributed by atoms with E-state index < -0.39 is 23.1 Å². The Hall–Kier alpha value is -2.18. The first kappa shape index (κ1) is 24.5. The van der Waals surface area contributed by atoms with E-state index >= 15 is 0 Å². The molecule has 2 amide bonds. The zero-order valence-electron chi connectivity index (χ0n) is 19.8. The van der Waals surface area contributed by atoms with Crippen LogP contribution in [0.3, 0.4) is 0 Å². The van der Waals surface area contributed by atoms with Crippen LogP contribution in [0.1, 0.15) is 60.3 Å². The van der Waals surface area contributed by atoms with E-state index in [4.69, 9.17) is 4.74 Å². The Balaban J connectivity index is 1.72. The molecule has 1 aliphatic carbocycles. The Morgan fingerprint density at radius 1 is 1.19 bits per heavy atom. The van der Waals surface area contributed by atoms with Crippen molar-refractivity contribution < 1.29 is 23.1 Å². The number of halogens is 2. The third-order valence-electron chi connectivity index (χ3n) is 7.07. The fraction of sp³-hybridized carbons (Fsp3) is 0.680. The van der Waals surface area contributed by atoms with E-state index in [9.17, 15) is 18.4 Å². The highest BCUT2D eigenvalue weighted by molar-refractivity contribution is 5.89. The zero-order valence-corrected chi connectivity index (χ0v) is 19.8. The SMILES string of the molecule is CC[C@@H](C)C(=O)N[C@H](C(=O)N1CC[C@H]2CC[C@H](COc3ccc(F)c(F)c3)[C@H]21)C(C)(C)C. The van der Waals surface area contributed by atoms with Crippen molar-refractivity contribution in [3.8, 4) is 5.75 Å². The molecule has 0 bridgehead atoms. The summed E-state index contributed by atoms with van der Waals surface area (Å²) < 4.78 is 32.5. The number of nitrogens with one attached hydrogen (secondary N) is 1. The van der Waals surface area contributed by atoms with Gasteiger partial charge in [-0.3, -0.25) is 9.59 Å². The van der Waals surface area contributed by atoms with E-state index in [2.05, 4.69) is 5.32 Å². The summed E-state index contributed by atoms with van der Waals surface area (Å²) in [6.07, 6.45) is 3.59. The molecule has 2 aliphatic rings. The van der Waals surface area contributed by atoms with Gasteiger partial charge in [0, 0.05) is 30.5 Å². The van der Waals surface area contributed by atoms with Gasteiger partial charge >= 0.3 is 0 Å². The first-order chi connectivity index (χ1) is 15.0. The third kappa shape index (κ3) is 5.24. The van der Waals surface area contributed by atoms with Crippen LogP contribution in [0.25, 0.3) is 0 Å². The first-order valence-corrected chi connectivity index (χ1v) is 11.7. The molecule has 7 heteroatoms. The van der Waals surface area contributed by atoms with Gasteiger partial charge in [0.25, 0.3) is 0 Å². The van der Waals surface area contributed by atoms with Gasteiger partial charge in [0.2, 0.25) is 11.8 Å². The second-order valence-corrected chi connectivity index (χ2v) is 10.4. The number of carbonyl (C=O) groups excluding carboxylic acids is 2. The predicted molar refractivity (Wildman–Crippen MR) is 119 cm³/mol. The number of benzene rings is 1. The minimum atomic E-state index is -0.936. The molecule has 1 saturated carbocycles. The van der Waals surface area contributed by atoms with Crippen LogP contribution in [0.2, 0.25) is 0 Å². The maximum Gasteiger partial charge on any atom is 0.245 e. The van der Waals surface area contributed by atoms with Gasteiger partial charge in [-0.15, -0.1) is 0 Å². The molecule has 1 aromatic carbocycles. The molecule has 1 aliphatic heterocycles. The summed E-state index contributed by atoms with van der Waals surface area (Å²) in [5, 5.41) is 3.01. The van der Waals surface area contributed by atoms with E-state index in [-0.39, 0.29) is 35.4 Å². The van der Waals surface area contributed by atoms with Gasteiger partial charge in [-0.05, 0) is 49.1 Å². The number of nitrogens with zero attached hydrogens (tertiary/aromatic N) is 1. The van der Waals surface area contributed by atoms with Gasteiger partial charge in [-0.2, -0.15) is 0 Å². The van der Waals surface area contributed by atoms with Gasteiger partial charge < -0.3 is 15.0 Å². The lowest BCUT2D eigenvalue weighted by atomic mass is 9.84. The molecule has 0 radical (unpaired) electrons. The lowest BCUT2D eigenvalue weighted by molar-refractivity contribution is -0.142. The van der Waals surface area contributed by atoms with Crippen LogP contribution >= 0.6 is 0 Å². The second-order valence-electron chi connectivity index (χ2n) is 10.4. The molecule has 1 heterocycles. The van der Waals surface area contributed by atoms with Crippen LogP contribution in [0.5, 0.6) is 5.75 Å². The van der Waals surface area contributed by atoms with Crippen molar-refractivity contribution in [2.24, 2.45) is 23.2 Å². The Bertz CT molecular complexity index is 839. The van der Waals surface area contributed by atoms with Crippen LogP contribution in [0, 0.1) is 34.8 Å². The maximum absolute atomic E-state index is 13.7. The van der Waals surface area contributed by atoms with E-state index in [1.54, 1.807) is 0 Å². The minimum Gasteiger partial charge on any atom is -0.493 e. The van der Waals surface area contributed by atoms with Crippen molar-refractivity contribution in [3.63, 3.8) is 0 Å². The summed E-state index contributed by atoms with van der Waals surface area (Å²) in [4.78, 5) is 28.2. The van der Waals surface area contributed by atoms with Gasteiger partial charge in [0.1, 0.15) is 11.8 Å². The Morgan fingerprint density at radius 2 is 1.91 bits per heavy atom. The number of hydrogen-bond donors (Lipinski definition) is 1. The summed E-state index contributed by atoms with van der Waals surface area (Å²) in [6, 6.07) is 2.97. The van der Waals surface area contributed by atoms with Crippen LogP contribution in [0.15, 0.2) is 18.2 Å². The van der Waals surface area contributed by atoms with Gasteiger partial charge in [0.15, 0.2) is 11.6 Å². The quantitative estimate of drug-likeness (QED) is 0.663. The molecule has 5 atom stereocenters. The highest BCUT2D eigenvalue weighted by atomic mass is 19.2. The number of amides is 2. The van der Waals surface area contributed by atoms with Gasteiger partial charge in [-0.25, -0.2) is 8.78 Å². The van der Waals surface area contributed by atoms with Crippen LogP contribution in [0.4, 0.5) is 8.78 Å². The van der Waals surface area contributed by atoms with Crippen molar-refractivity contribution in [2.75, 3.05) is 13.2 Å². The summed E-state index contributed by atoms with van der Waals surface area (Å²) in [7, 11) is 0. The Kier molecular flexibility index (Phi) is 7.46. The number of ether oxygens (including phenoxy) is 1. The lowest BCUT2D eigenvalue weighted by Crippen LogP contribution is -2.57. The minimum absolute atomic E-state index is 0.0399. The average Bonchev–Trinajstić information content (AvgIpc) is 3.33. The number of likely N-dealkylation sites (tertiary alicyclic amines) is 1. The molecular formula is C25H36F2N2O3. The van der Waals surface area contributed by atoms with Gasteiger partial charge in [-0.1, -0.05) is 34.6 Å². The number of hydrogen-bond acceptors (Lipinski definition) is 3. The topological polar surface area (TPSA) is 58.6 Å². The molecule has 0 aromatic heterocycles. The van der Waals surface area contributed by atoms with Crippen molar-refractivity contribution in [1.82, 2.24) is 10.2 Å². The van der Waals surface area contributed by atoms with E-state index in [0.717, 1.165) is 31.4 Å². The van der Waals surface area contributed by atoms with Crippen molar-refractivity contribution in [1.29, 1.82) is 0 Å². The second kappa shape index (κ2) is 9.75. The average molecular weight is 451 g/mol. The molecule has 5 nitrogen and oxygen atoms in total. The molecule has 1 saturated heterocycles. The van der Waals surface area contributed by atoms with Crippen molar-refractivity contribution in [2.45, 2.75) is 72.4 Å². The van der Waals surface area contributed by atoms with E-state index in [1.807, 2.05) is 39.5 Å². The van der Waals surface area contributed by atoms with Crippen molar-refractivity contribution in [3.05, 3.63) is 29.8 Å². The lowest BCUT2D eigenvalue weighted by Gasteiger charge is -2.37. The van der Waals surface area contributed by atoms with E-state index in [1.165, 1.54) is 6.07 Å². The molecule has 178 valence electrons. The number of fused-ring (bicyclic) bond motifs is 1. The Labute approximate surface area is 189 Å². The zero-order chi connectivity index (χ0) is 23.6. The molecule has 32 heavy (non-hydrogen) atoms. The highest BCUT2D eigenvalue weighted by Gasteiger charge is 2.49. The number of rotatable bonds is 7. The van der Waals surface area contributed by atoms with Crippen LogP contribution < -0.4 is 10.1 Å². The standard InChI is InChI=1S/C25H36F2N2O3/c1-6-15(2)23(30)28-22(25(3,4)5)24(31)29-12-11-16-7-8-17(21(16)29)14-32-18-9-10-19(26)20(27)13-18/h9-10,13,15-17,21-22H,6-8,11-12,14H2,1-5H3,(H,28,30)/t15-,16-,17-,21+,22-/m1/s1. The summed E-state index contributed by atoms with van der Waals surface area (Å²) >= 11 is 0. The molecule has 3 rings (SSSR count). The summed E-state index contributed by atoms with van der Waals surface area (Å²) in [5.41, 5.74) is -0.422. The molecule has 1 aromatic rings. The third-order valence-corrected chi connectivity index (χ3v) is 7.07. The first-order valence-electron chi connectivity index (χ1n) is 11.7. The molecular weight excluding hydrogens is 414 g/mol. The molecule has 0 spiro atoms. The van der Waals surface area contributed by atoms with Crippen LogP contribution in [-0.4, -0.2) is 41.9 Å². The maximum atomic E-state index is 13.7. The fourth-order valence-corrected chi connectivity index (χ4v) is 4.93. The monoisotopic (exact) mass is 450 g/mol. The van der Waals surface area contributed by atoms with Crippen molar-refractivity contribution >= 4 is 11.8 Å². The smallest absolute Gasteiger partial charge is 0.245 e. The molecule has 0 unspecified atom stereocenters.